The number of nitrogens with one attached hydrogen (secondary N) is 1. The molecule has 1 aromatic rings. The van der Waals surface area contributed by atoms with Crippen molar-refractivity contribution in [1.82, 2.24) is 4.90 Å². The quantitative estimate of drug-likeness (QED) is 0.854. The van der Waals surface area contributed by atoms with Crippen molar-refractivity contribution in [1.29, 1.82) is 0 Å². The molecular formula is C14H21N3O2. The van der Waals surface area contributed by atoms with Gasteiger partial charge in [-0.2, -0.15) is 0 Å². The molecule has 19 heavy (non-hydrogen) atoms. The highest BCUT2D eigenvalue weighted by Gasteiger charge is 2.27. The van der Waals surface area contributed by atoms with Crippen LogP contribution in [-0.2, 0) is 11.3 Å². The van der Waals surface area contributed by atoms with E-state index in [0.29, 0.717) is 19.7 Å². The van der Waals surface area contributed by atoms with E-state index in [2.05, 4.69) is 5.32 Å². The number of amides is 2. The molecule has 5 nitrogen and oxygen atoms in total. The van der Waals surface area contributed by atoms with Gasteiger partial charge in [0.2, 0.25) is 0 Å². The molecule has 0 saturated carbocycles. The fraction of sp³-hybridized carbons (Fsp3) is 0.500. The zero-order chi connectivity index (χ0) is 13.8. The van der Waals surface area contributed by atoms with Crippen molar-refractivity contribution in [3.63, 3.8) is 0 Å². The van der Waals surface area contributed by atoms with Gasteiger partial charge in [0.1, 0.15) is 0 Å². The number of rotatable bonds is 2. The van der Waals surface area contributed by atoms with Crippen LogP contribution in [0.4, 0.5) is 10.5 Å². The molecule has 0 aromatic heterocycles. The number of ether oxygens (including phenoxy) is 1. The van der Waals surface area contributed by atoms with Crippen LogP contribution in [0.1, 0.15) is 19.4 Å². The van der Waals surface area contributed by atoms with E-state index in [4.69, 9.17) is 10.5 Å². The van der Waals surface area contributed by atoms with Gasteiger partial charge in [-0.1, -0.05) is 12.1 Å². The van der Waals surface area contributed by atoms with Crippen molar-refractivity contribution >= 4 is 11.7 Å². The Hall–Kier alpha value is -1.59. The topological polar surface area (TPSA) is 67.6 Å². The first-order chi connectivity index (χ1) is 9.10. The molecular weight excluding hydrogens is 242 g/mol. The Balaban J connectivity index is 1.99. The number of nitrogens with two attached hydrogens (primary N) is 1. The number of urea groups is 1. The second-order valence-electron chi connectivity index (χ2n) is 4.98. The number of morpholine rings is 1. The molecule has 2 amide bonds. The summed E-state index contributed by atoms with van der Waals surface area (Å²) < 4.78 is 5.52. The lowest BCUT2D eigenvalue weighted by Gasteiger charge is -2.36. The average molecular weight is 263 g/mol. The maximum atomic E-state index is 12.2. The second kappa shape index (κ2) is 6.04. The first kappa shape index (κ1) is 13.8. The monoisotopic (exact) mass is 263 g/mol. The van der Waals surface area contributed by atoms with E-state index >= 15 is 0 Å². The lowest BCUT2D eigenvalue weighted by molar-refractivity contribution is -0.0296. The van der Waals surface area contributed by atoms with Crippen LogP contribution >= 0.6 is 0 Å². The Morgan fingerprint density at radius 3 is 2.74 bits per heavy atom. The Kier molecular flexibility index (Phi) is 4.39. The highest BCUT2D eigenvalue weighted by Crippen LogP contribution is 2.15. The summed E-state index contributed by atoms with van der Waals surface area (Å²) in [4.78, 5) is 14.0. The molecule has 1 aliphatic rings. The molecule has 1 aliphatic heterocycles. The van der Waals surface area contributed by atoms with Crippen LogP contribution in [0.2, 0.25) is 0 Å². The number of hydrogen-bond donors (Lipinski definition) is 2. The summed E-state index contributed by atoms with van der Waals surface area (Å²) in [7, 11) is 0. The summed E-state index contributed by atoms with van der Waals surface area (Å²) in [6, 6.07) is 7.59. The Bertz CT molecular complexity index is 433. The van der Waals surface area contributed by atoms with Crippen LogP contribution in [0.15, 0.2) is 24.3 Å². The molecule has 2 unspecified atom stereocenters. The van der Waals surface area contributed by atoms with Crippen molar-refractivity contribution in [2.75, 3.05) is 18.5 Å². The van der Waals surface area contributed by atoms with Gasteiger partial charge in [0.15, 0.2) is 0 Å². The summed E-state index contributed by atoms with van der Waals surface area (Å²) in [6.07, 6.45) is 0.0848. The van der Waals surface area contributed by atoms with Crippen LogP contribution in [-0.4, -0.2) is 36.2 Å². The third kappa shape index (κ3) is 3.45. The molecule has 3 N–H and O–H groups in total. The fourth-order valence-electron chi connectivity index (χ4n) is 2.11. The van der Waals surface area contributed by atoms with Crippen molar-refractivity contribution in [2.45, 2.75) is 32.5 Å². The minimum atomic E-state index is -0.0804. The normalized spacial score (nSPS) is 23.2. The maximum Gasteiger partial charge on any atom is 0.322 e. The van der Waals surface area contributed by atoms with Crippen LogP contribution < -0.4 is 11.1 Å². The lowest BCUT2D eigenvalue weighted by Crippen LogP contribution is -2.51. The third-order valence-electron chi connectivity index (χ3n) is 3.31. The van der Waals surface area contributed by atoms with Crippen molar-refractivity contribution in [2.24, 2.45) is 5.73 Å². The highest BCUT2D eigenvalue weighted by molar-refractivity contribution is 5.89. The number of carbonyl (C=O) groups is 1. The summed E-state index contributed by atoms with van der Waals surface area (Å²) in [5.74, 6) is 0. The third-order valence-corrected chi connectivity index (χ3v) is 3.31. The smallest absolute Gasteiger partial charge is 0.322 e. The minimum absolute atomic E-state index is 0.0804. The predicted octanol–water partition coefficient (Wildman–Crippen LogP) is 1.79. The van der Waals surface area contributed by atoms with E-state index in [1.54, 1.807) is 0 Å². The molecule has 1 aromatic carbocycles. The average Bonchev–Trinajstić information content (AvgIpc) is 2.42. The van der Waals surface area contributed by atoms with Crippen molar-refractivity contribution in [3.8, 4) is 0 Å². The molecule has 2 atom stereocenters. The highest BCUT2D eigenvalue weighted by atomic mass is 16.5. The van der Waals surface area contributed by atoms with Gasteiger partial charge in [0.25, 0.3) is 0 Å². The standard InChI is InChI=1S/C14H21N3O2/c1-10-9-19-11(2)8-17(10)14(18)16-13-5-3-12(7-15)4-6-13/h3-6,10-11H,7-9,15H2,1-2H3,(H,16,18). The molecule has 1 fully saturated rings. The number of nitrogens with zero attached hydrogens (tertiary/aromatic N) is 1. The molecule has 104 valence electrons. The largest absolute Gasteiger partial charge is 0.375 e. The van der Waals surface area contributed by atoms with Crippen LogP contribution in [0, 0.1) is 0 Å². The number of hydrogen-bond acceptors (Lipinski definition) is 3. The maximum absolute atomic E-state index is 12.2. The van der Waals surface area contributed by atoms with Gasteiger partial charge in [-0.25, -0.2) is 4.79 Å². The number of carbonyl (C=O) groups excluding carboxylic acids is 1. The van der Waals surface area contributed by atoms with E-state index in [1.807, 2.05) is 43.0 Å². The van der Waals surface area contributed by atoms with Crippen LogP contribution in [0.25, 0.3) is 0 Å². The van der Waals surface area contributed by atoms with Gasteiger partial charge in [0, 0.05) is 18.8 Å². The van der Waals surface area contributed by atoms with Gasteiger partial charge in [0.05, 0.1) is 18.8 Å². The number of anilines is 1. The van der Waals surface area contributed by atoms with Crippen molar-refractivity contribution < 1.29 is 9.53 Å². The summed E-state index contributed by atoms with van der Waals surface area (Å²) in [5.41, 5.74) is 7.38. The zero-order valence-electron chi connectivity index (χ0n) is 11.4. The lowest BCUT2D eigenvalue weighted by atomic mass is 10.2. The van der Waals surface area contributed by atoms with Gasteiger partial charge in [-0.05, 0) is 31.5 Å². The van der Waals surface area contributed by atoms with Gasteiger partial charge in [-0.3, -0.25) is 0 Å². The molecule has 0 bridgehead atoms. The first-order valence-corrected chi connectivity index (χ1v) is 6.58. The summed E-state index contributed by atoms with van der Waals surface area (Å²) in [6.45, 7) is 5.67. The minimum Gasteiger partial charge on any atom is -0.375 e. The predicted molar refractivity (Wildman–Crippen MR) is 74.9 cm³/mol. The van der Waals surface area contributed by atoms with E-state index < -0.39 is 0 Å². The van der Waals surface area contributed by atoms with E-state index in [-0.39, 0.29) is 18.2 Å². The zero-order valence-corrected chi connectivity index (χ0v) is 11.4. The SMILES string of the molecule is CC1CN(C(=O)Nc2ccc(CN)cc2)C(C)CO1. The molecule has 0 radical (unpaired) electrons. The van der Waals surface area contributed by atoms with Gasteiger partial charge in [-0.15, -0.1) is 0 Å². The Labute approximate surface area is 113 Å². The fourth-order valence-corrected chi connectivity index (χ4v) is 2.11. The molecule has 5 heteroatoms. The van der Waals surface area contributed by atoms with E-state index in [9.17, 15) is 4.79 Å². The molecule has 1 heterocycles. The van der Waals surface area contributed by atoms with E-state index in [1.165, 1.54) is 0 Å². The molecule has 2 rings (SSSR count). The van der Waals surface area contributed by atoms with Crippen LogP contribution in [0.3, 0.4) is 0 Å². The molecule has 0 aliphatic carbocycles. The van der Waals surface area contributed by atoms with Gasteiger partial charge >= 0.3 is 6.03 Å². The van der Waals surface area contributed by atoms with Crippen LogP contribution in [0.5, 0.6) is 0 Å². The molecule has 1 saturated heterocycles. The Morgan fingerprint density at radius 2 is 2.11 bits per heavy atom. The Morgan fingerprint density at radius 1 is 1.42 bits per heavy atom. The summed E-state index contributed by atoms with van der Waals surface area (Å²) in [5, 5.41) is 2.90. The molecule has 0 spiro atoms. The van der Waals surface area contributed by atoms with Gasteiger partial charge < -0.3 is 20.7 Å². The number of benzene rings is 1. The van der Waals surface area contributed by atoms with Crippen molar-refractivity contribution in [3.05, 3.63) is 29.8 Å². The summed E-state index contributed by atoms with van der Waals surface area (Å²) >= 11 is 0. The first-order valence-electron chi connectivity index (χ1n) is 6.58. The van der Waals surface area contributed by atoms with E-state index in [0.717, 1.165) is 11.3 Å². The second-order valence-corrected chi connectivity index (χ2v) is 4.98.